The van der Waals surface area contributed by atoms with Gasteiger partial charge in [-0.3, -0.25) is 9.59 Å². The van der Waals surface area contributed by atoms with Crippen LogP contribution in [0.1, 0.15) is 23.2 Å². The Morgan fingerprint density at radius 2 is 1.68 bits per heavy atom. The van der Waals surface area contributed by atoms with Crippen LogP contribution in [0.2, 0.25) is 0 Å². The molecule has 1 aromatic rings. The third-order valence-corrected chi connectivity index (χ3v) is 3.79. The van der Waals surface area contributed by atoms with E-state index in [-0.39, 0.29) is 18.4 Å². The molecule has 1 atom stereocenters. The van der Waals surface area contributed by atoms with Crippen molar-refractivity contribution in [1.82, 2.24) is 5.32 Å². The fourth-order valence-corrected chi connectivity index (χ4v) is 2.67. The van der Waals surface area contributed by atoms with Crippen LogP contribution in [0.15, 0.2) is 24.3 Å². The van der Waals surface area contributed by atoms with Gasteiger partial charge in [-0.15, -0.1) is 23.2 Å². The summed E-state index contributed by atoms with van der Waals surface area (Å²) in [5, 5.41) is 20.2. The molecule has 1 rings (SSSR count). The van der Waals surface area contributed by atoms with E-state index in [1.54, 1.807) is 24.3 Å². The number of hydrogen-bond acceptors (Lipinski definition) is 4. The van der Waals surface area contributed by atoms with E-state index in [1.807, 2.05) is 4.90 Å². The molecular weight excluding hydrogens is 371 g/mol. The molecule has 0 aliphatic rings. The van der Waals surface area contributed by atoms with Gasteiger partial charge in [0.2, 0.25) is 0 Å². The van der Waals surface area contributed by atoms with Gasteiger partial charge in [-0.2, -0.15) is 0 Å². The second-order valence-electron chi connectivity index (χ2n) is 5.18. The third kappa shape index (κ3) is 6.80. The molecule has 0 unspecified atom stereocenters. The lowest BCUT2D eigenvalue weighted by molar-refractivity contribution is -0.140. The lowest BCUT2D eigenvalue weighted by Gasteiger charge is -2.25. The number of nitrogens with zero attached hydrogens (tertiary/aromatic N) is 1. The molecule has 1 amide bonds. The first-order valence-electron chi connectivity index (χ1n) is 7.62. The molecule has 9 heteroatoms. The third-order valence-electron chi connectivity index (χ3n) is 3.45. The predicted octanol–water partition coefficient (Wildman–Crippen LogP) is 2.02. The summed E-state index contributed by atoms with van der Waals surface area (Å²) in [6.45, 7) is 0.944. The van der Waals surface area contributed by atoms with Crippen LogP contribution >= 0.6 is 23.2 Å². The molecule has 0 aliphatic heterocycles. The first-order chi connectivity index (χ1) is 11.9. The minimum absolute atomic E-state index is 0.203. The smallest absolute Gasteiger partial charge is 0.326 e. The quantitative estimate of drug-likeness (QED) is 0.499. The van der Waals surface area contributed by atoms with Gasteiger partial charge in [0.1, 0.15) is 6.04 Å². The van der Waals surface area contributed by atoms with Crippen molar-refractivity contribution in [1.29, 1.82) is 0 Å². The van der Waals surface area contributed by atoms with E-state index >= 15 is 0 Å². The van der Waals surface area contributed by atoms with Gasteiger partial charge >= 0.3 is 11.9 Å². The summed E-state index contributed by atoms with van der Waals surface area (Å²) in [5.74, 6) is -2.34. The highest BCUT2D eigenvalue weighted by Crippen LogP contribution is 2.21. The molecule has 3 N–H and O–H groups in total. The van der Waals surface area contributed by atoms with Crippen molar-refractivity contribution in [2.45, 2.75) is 18.9 Å². The lowest BCUT2D eigenvalue weighted by atomic mass is 10.1. The molecule has 1 aromatic carbocycles. The molecule has 0 bridgehead atoms. The Bertz CT molecular complexity index is 606. The molecule has 25 heavy (non-hydrogen) atoms. The number of para-hydroxylation sites is 1. The first kappa shape index (κ1) is 21.1. The van der Waals surface area contributed by atoms with Crippen LogP contribution in [0.4, 0.5) is 5.69 Å². The zero-order chi connectivity index (χ0) is 18.8. The summed E-state index contributed by atoms with van der Waals surface area (Å²) in [4.78, 5) is 36.2. The van der Waals surface area contributed by atoms with Crippen molar-refractivity contribution in [3.8, 4) is 0 Å². The molecule has 0 saturated carbocycles. The maximum Gasteiger partial charge on any atom is 0.326 e. The van der Waals surface area contributed by atoms with Crippen molar-refractivity contribution in [2.75, 3.05) is 29.7 Å². The van der Waals surface area contributed by atoms with Gasteiger partial charge in [0.05, 0.1) is 5.56 Å². The van der Waals surface area contributed by atoms with Crippen LogP contribution < -0.4 is 10.2 Å². The Kier molecular flexibility index (Phi) is 9.08. The van der Waals surface area contributed by atoms with Gasteiger partial charge in [0.25, 0.3) is 5.91 Å². The van der Waals surface area contributed by atoms with Gasteiger partial charge in [0, 0.05) is 37.0 Å². The topological polar surface area (TPSA) is 107 Å². The van der Waals surface area contributed by atoms with Crippen LogP contribution in [-0.4, -0.2) is 59.0 Å². The van der Waals surface area contributed by atoms with E-state index < -0.39 is 23.9 Å². The molecular formula is C16H20Cl2N2O5. The fraction of sp³-hybridized carbons (Fsp3) is 0.438. The lowest BCUT2D eigenvalue weighted by Crippen LogP contribution is -2.42. The number of halogens is 2. The Hall–Kier alpha value is -1.99. The van der Waals surface area contributed by atoms with E-state index in [1.165, 1.54) is 0 Å². The Morgan fingerprint density at radius 3 is 2.20 bits per heavy atom. The molecule has 0 heterocycles. The number of benzene rings is 1. The maximum absolute atomic E-state index is 12.5. The van der Waals surface area contributed by atoms with E-state index in [9.17, 15) is 19.5 Å². The highest BCUT2D eigenvalue weighted by molar-refractivity contribution is 6.18. The van der Waals surface area contributed by atoms with Gasteiger partial charge in [-0.25, -0.2) is 4.79 Å². The van der Waals surface area contributed by atoms with E-state index in [2.05, 4.69) is 5.32 Å². The molecule has 0 aliphatic carbocycles. The molecule has 0 fully saturated rings. The SMILES string of the molecule is O=C(O)CC[C@H](NC(=O)c1ccccc1N(CCCl)CCCl)C(=O)O. The number of carbonyl (C=O) groups is 3. The van der Waals surface area contributed by atoms with Crippen molar-refractivity contribution < 1.29 is 24.6 Å². The summed E-state index contributed by atoms with van der Waals surface area (Å²) >= 11 is 11.6. The second kappa shape index (κ2) is 10.8. The number of aliphatic carboxylic acids is 2. The summed E-state index contributed by atoms with van der Waals surface area (Å²) < 4.78 is 0. The maximum atomic E-state index is 12.5. The highest BCUT2D eigenvalue weighted by atomic mass is 35.5. The largest absolute Gasteiger partial charge is 0.481 e. The number of amides is 1. The molecule has 0 saturated heterocycles. The molecule has 7 nitrogen and oxygen atoms in total. The summed E-state index contributed by atoms with van der Waals surface area (Å²) in [5.41, 5.74) is 0.864. The average Bonchev–Trinajstić information content (AvgIpc) is 2.57. The van der Waals surface area contributed by atoms with E-state index in [0.29, 0.717) is 30.5 Å². The number of anilines is 1. The van der Waals surface area contributed by atoms with Crippen molar-refractivity contribution in [3.05, 3.63) is 29.8 Å². The number of hydrogen-bond donors (Lipinski definition) is 3. The zero-order valence-corrected chi connectivity index (χ0v) is 15.0. The number of alkyl halides is 2. The normalized spacial score (nSPS) is 11.6. The average molecular weight is 391 g/mol. The van der Waals surface area contributed by atoms with Crippen LogP contribution in [0, 0.1) is 0 Å². The van der Waals surface area contributed by atoms with Crippen molar-refractivity contribution in [3.63, 3.8) is 0 Å². The predicted molar refractivity (Wildman–Crippen MR) is 95.9 cm³/mol. The number of carbonyl (C=O) groups excluding carboxylic acids is 1. The van der Waals surface area contributed by atoms with Gasteiger partial charge in [0.15, 0.2) is 0 Å². The molecule has 0 radical (unpaired) electrons. The molecule has 0 aromatic heterocycles. The first-order valence-corrected chi connectivity index (χ1v) is 8.69. The monoisotopic (exact) mass is 390 g/mol. The van der Waals surface area contributed by atoms with Crippen LogP contribution in [0.3, 0.4) is 0 Å². The number of nitrogens with one attached hydrogen (secondary N) is 1. The minimum Gasteiger partial charge on any atom is -0.481 e. The van der Waals surface area contributed by atoms with Crippen LogP contribution in [0.5, 0.6) is 0 Å². The molecule has 138 valence electrons. The Labute approximate surface area is 155 Å². The summed E-state index contributed by atoms with van der Waals surface area (Å²) in [6.07, 6.45) is -0.560. The summed E-state index contributed by atoms with van der Waals surface area (Å²) in [6, 6.07) is 5.41. The standard InChI is InChI=1S/C16H20Cl2N2O5/c17-7-9-20(10-8-18)13-4-2-1-3-11(13)15(23)19-12(16(24)25)5-6-14(21)22/h1-4,12H,5-10H2,(H,19,23)(H,21,22)(H,24,25)/t12-/m0/s1. The zero-order valence-electron chi connectivity index (χ0n) is 13.5. The number of carboxylic acids is 2. The van der Waals surface area contributed by atoms with Crippen molar-refractivity contribution in [2.24, 2.45) is 0 Å². The van der Waals surface area contributed by atoms with Crippen LogP contribution in [0.25, 0.3) is 0 Å². The van der Waals surface area contributed by atoms with Crippen LogP contribution in [-0.2, 0) is 9.59 Å². The highest BCUT2D eigenvalue weighted by Gasteiger charge is 2.23. The van der Waals surface area contributed by atoms with Crippen molar-refractivity contribution >= 4 is 46.7 Å². The number of rotatable bonds is 11. The van der Waals surface area contributed by atoms with E-state index in [0.717, 1.165) is 0 Å². The van der Waals surface area contributed by atoms with Gasteiger partial charge in [-0.1, -0.05) is 12.1 Å². The Morgan fingerprint density at radius 1 is 1.08 bits per heavy atom. The number of carboxylic acid groups (broad SMARTS) is 2. The fourth-order valence-electron chi connectivity index (χ4n) is 2.26. The minimum atomic E-state index is -1.29. The van der Waals surface area contributed by atoms with Gasteiger partial charge < -0.3 is 20.4 Å². The Balaban J connectivity index is 3.00. The van der Waals surface area contributed by atoms with Gasteiger partial charge in [-0.05, 0) is 18.6 Å². The van der Waals surface area contributed by atoms with E-state index in [4.69, 9.17) is 28.3 Å². The summed E-state index contributed by atoms with van der Waals surface area (Å²) in [7, 11) is 0. The molecule has 0 spiro atoms. The second-order valence-corrected chi connectivity index (χ2v) is 5.93.